The van der Waals surface area contributed by atoms with Crippen molar-refractivity contribution in [1.82, 2.24) is 0 Å². The van der Waals surface area contributed by atoms with E-state index in [4.69, 9.17) is 0 Å². The minimum Gasteiger partial charge on any atom is -0.207 e. The largest absolute Gasteiger partial charge is 0.207 e. The zero-order valence-corrected chi connectivity index (χ0v) is 23.4. The number of benzene rings is 2. The van der Waals surface area contributed by atoms with E-state index in [9.17, 15) is 0 Å². The van der Waals surface area contributed by atoms with Crippen molar-refractivity contribution >= 4 is 0 Å². The number of halogens is 1. The summed E-state index contributed by atoms with van der Waals surface area (Å²) in [6.07, 6.45) is 19.6. The van der Waals surface area contributed by atoms with Crippen molar-refractivity contribution in [3.8, 4) is 0 Å². The molecule has 0 bridgehead atoms. The summed E-state index contributed by atoms with van der Waals surface area (Å²) in [5, 5.41) is 0. The van der Waals surface area contributed by atoms with Gasteiger partial charge in [-0.2, -0.15) is 0 Å². The zero-order chi connectivity index (χ0) is 25.3. The molecule has 2 aliphatic carbocycles. The second-order valence-corrected chi connectivity index (χ2v) is 12.3. The molecule has 2 aliphatic rings. The topological polar surface area (TPSA) is 0 Å². The molecule has 198 valence electrons. The highest BCUT2D eigenvalue weighted by atomic mass is 19.1. The van der Waals surface area contributed by atoms with Gasteiger partial charge in [0.15, 0.2) is 0 Å². The van der Waals surface area contributed by atoms with E-state index >= 15 is 4.39 Å². The van der Waals surface area contributed by atoms with Crippen LogP contribution in [0.25, 0.3) is 0 Å². The van der Waals surface area contributed by atoms with Crippen LogP contribution in [-0.4, -0.2) is 0 Å². The van der Waals surface area contributed by atoms with Crippen LogP contribution >= 0.6 is 0 Å². The second-order valence-electron chi connectivity index (χ2n) is 12.3. The molecule has 0 nitrogen and oxygen atoms in total. The van der Waals surface area contributed by atoms with Crippen molar-refractivity contribution in [3.63, 3.8) is 0 Å². The zero-order valence-electron chi connectivity index (χ0n) is 23.4. The Balaban J connectivity index is 1.28. The van der Waals surface area contributed by atoms with E-state index in [1.165, 1.54) is 107 Å². The maximum atomic E-state index is 15.1. The van der Waals surface area contributed by atoms with Crippen molar-refractivity contribution in [3.05, 3.63) is 70.5 Å². The molecule has 0 spiro atoms. The first-order valence-electron chi connectivity index (χ1n) is 15.5. The molecule has 0 amide bonds. The molecule has 4 rings (SSSR count). The van der Waals surface area contributed by atoms with Gasteiger partial charge in [0.2, 0.25) is 0 Å². The standard InChI is InChI=1S/C35H51F/c1-4-6-7-9-28-12-14-30(15-13-28)31-20-18-29(19-21-31)26(3)24-34-23-22-33(25-35(34)36)32-16-10-27(8-5-2)11-17-32/h18-23,25-28,30,32H,4-17,24H2,1-3H3/t26-,27?,28?,30?,32?/m1/s1. The molecule has 0 unspecified atom stereocenters. The smallest absolute Gasteiger partial charge is 0.126 e. The van der Waals surface area contributed by atoms with Gasteiger partial charge in [-0.3, -0.25) is 0 Å². The lowest BCUT2D eigenvalue weighted by molar-refractivity contribution is 0.303. The Hall–Kier alpha value is -1.63. The van der Waals surface area contributed by atoms with Crippen LogP contribution in [0, 0.1) is 17.7 Å². The highest BCUT2D eigenvalue weighted by Crippen LogP contribution is 2.39. The van der Waals surface area contributed by atoms with Gasteiger partial charge < -0.3 is 0 Å². The third kappa shape index (κ3) is 7.45. The summed E-state index contributed by atoms with van der Waals surface area (Å²) in [5.41, 5.74) is 4.95. The second kappa shape index (κ2) is 13.8. The summed E-state index contributed by atoms with van der Waals surface area (Å²) in [4.78, 5) is 0. The molecule has 0 aromatic heterocycles. The highest BCUT2D eigenvalue weighted by Gasteiger charge is 2.24. The first kappa shape index (κ1) is 27.4. The van der Waals surface area contributed by atoms with Gasteiger partial charge in [0.1, 0.15) is 5.82 Å². The summed E-state index contributed by atoms with van der Waals surface area (Å²) < 4.78 is 15.1. The van der Waals surface area contributed by atoms with Gasteiger partial charge in [-0.05, 0) is 116 Å². The lowest BCUT2D eigenvalue weighted by Crippen LogP contribution is -2.14. The lowest BCUT2D eigenvalue weighted by Gasteiger charge is -2.29. The van der Waals surface area contributed by atoms with Gasteiger partial charge in [-0.25, -0.2) is 4.39 Å². The van der Waals surface area contributed by atoms with Crippen LogP contribution in [0.3, 0.4) is 0 Å². The van der Waals surface area contributed by atoms with E-state index in [2.05, 4.69) is 57.2 Å². The quantitative estimate of drug-likeness (QED) is 0.275. The van der Waals surface area contributed by atoms with Crippen LogP contribution in [-0.2, 0) is 6.42 Å². The molecule has 1 atom stereocenters. The summed E-state index contributed by atoms with van der Waals surface area (Å²) >= 11 is 0. The van der Waals surface area contributed by atoms with Gasteiger partial charge >= 0.3 is 0 Å². The Morgan fingerprint density at radius 2 is 1.28 bits per heavy atom. The van der Waals surface area contributed by atoms with Crippen LogP contribution in [0.15, 0.2) is 42.5 Å². The first-order valence-corrected chi connectivity index (χ1v) is 15.5. The Kier molecular flexibility index (Phi) is 10.5. The molecular weight excluding hydrogens is 439 g/mol. The predicted molar refractivity (Wildman–Crippen MR) is 153 cm³/mol. The van der Waals surface area contributed by atoms with Crippen LogP contribution in [0.5, 0.6) is 0 Å². The van der Waals surface area contributed by atoms with E-state index in [1.54, 1.807) is 0 Å². The summed E-state index contributed by atoms with van der Waals surface area (Å²) in [6.45, 7) is 6.84. The molecule has 2 aromatic rings. The highest BCUT2D eigenvalue weighted by molar-refractivity contribution is 5.32. The van der Waals surface area contributed by atoms with E-state index in [0.717, 1.165) is 29.7 Å². The normalized spacial score (nSPS) is 25.6. The fraction of sp³-hybridized carbons (Fsp3) is 0.657. The Morgan fingerprint density at radius 1 is 0.694 bits per heavy atom. The Morgan fingerprint density at radius 3 is 1.86 bits per heavy atom. The van der Waals surface area contributed by atoms with E-state index < -0.39 is 0 Å². The van der Waals surface area contributed by atoms with Gasteiger partial charge in [0, 0.05) is 0 Å². The molecule has 2 saturated carbocycles. The van der Waals surface area contributed by atoms with Gasteiger partial charge in [-0.15, -0.1) is 0 Å². The SMILES string of the molecule is CCCCCC1CCC(c2ccc([C@H](C)Cc3ccc(C4CCC(CCC)CC4)cc3F)cc2)CC1. The number of hydrogen-bond acceptors (Lipinski definition) is 0. The van der Waals surface area contributed by atoms with E-state index in [0.29, 0.717) is 11.8 Å². The van der Waals surface area contributed by atoms with Crippen molar-refractivity contribution in [2.75, 3.05) is 0 Å². The van der Waals surface area contributed by atoms with Crippen LogP contribution in [0.1, 0.15) is 151 Å². The molecule has 0 heterocycles. The monoisotopic (exact) mass is 490 g/mol. The molecule has 0 aliphatic heterocycles. The van der Waals surface area contributed by atoms with Crippen LogP contribution in [0.2, 0.25) is 0 Å². The number of unbranched alkanes of at least 4 members (excludes halogenated alkanes) is 2. The molecule has 0 N–H and O–H groups in total. The average molecular weight is 491 g/mol. The average Bonchev–Trinajstić information content (AvgIpc) is 2.91. The maximum Gasteiger partial charge on any atom is 0.126 e. The minimum absolute atomic E-state index is 0.00217. The minimum atomic E-state index is 0.00217. The third-order valence-corrected chi connectivity index (χ3v) is 9.66. The van der Waals surface area contributed by atoms with Crippen molar-refractivity contribution in [2.24, 2.45) is 11.8 Å². The predicted octanol–water partition coefficient (Wildman–Crippen LogP) is 11.1. The number of hydrogen-bond donors (Lipinski definition) is 0. The van der Waals surface area contributed by atoms with E-state index in [-0.39, 0.29) is 5.82 Å². The molecular formula is C35H51F. The summed E-state index contributed by atoms with van der Waals surface area (Å²) in [5.74, 6) is 3.48. The molecule has 2 aromatic carbocycles. The van der Waals surface area contributed by atoms with Crippen molar-refractivity contribution in [2.45, 2.75) is 135 Å². The third-order valence-electron chi connectivity index (χ3n) is 9.66. The maximum absolute atomic E-state index is 15.1. The fourth-order valence-corrected chi connectivity index (χ4v) is 7.19. The Bertz CT molecular complexity index is 897. The fourth-order valence-electron chi connectivity index (χ4n) is 7.19. The lowest BCUT2D eigenvalue weighted by atomic mass is 9.76. The summed E-state index contributed by atoms with van der Waals surface area (Å²) in [7, 11) is 0. The van der Waals surface area contributed by atoms with Crippen molar-refractivity contribution < 1.29 is 4.39 Å². The summed E-state index contributed by atoms with van der Waals surface area (Å²) in [6, 6.07) is 15.5. The molecule has 2 fully saturated rings. The van der Waals surface area contributed by atoms with Gasteiger partial charge in [0.25, 0.3) is 0 Å². The molecule has 0 saturated heterocycles. The van der Waals surface area contributed by atoms with Crippen LogP contribution in [0.4, 0.5) is 4.39 Å². The van der Waals surface area contributed by atoms with Gasteiger partial charge in [0.05, 0.1) is 0 Å². The number of rotatable bonds is 11. The Labute approximate surface area is 221 Å². The molecule has 36 heavy (non-hydrogen) atoms. The van der Waals surface area contributed by atoms with Crippen LogP contribution < -0.4 is 0 Å². The molecule has 0 radical (unpaired) electrons. The van der Waals surface area contributed by atoms with Gasteiger partial charge in [-0.1, -0.05) is 95.7 Å². The van der Waals surface area contributed by atoms with Crippen molar-refractivity contribution in [1.29, 1.82) is 0 Å². The van der Waals surface area contributed by atoms with E-state index in [1.807, 2.05) is 6.07 Å². The molecule has 1 heteroatoms. The first-order chi connectivity index (χ1) is 17.6.